The van der Waals surface area contributed by atoms with Crippen LogP contribution in [-0.4, -0.2) is 48.3 Å². The van der Waals surface area contributed by atoms with Gasteiger partial charge in [0.2, 0.25) is 0 Å². The van der Waals surface area contributed by atoms with Crippen LogP contribution >= 0.6 is 0 Å². The molecule has 1 aliphatic rings. The van der Waals surface area contributed by atoms with Crippen LogP contribution in [0.3, 0.4) is 0 Å². The molecule has 17 heavy (non-hydrogen) atoms. The van der Waals surface area contributed by atoms with Crippen LogP contribution in [0.2, 0.25) is 0 Å². The van der Waals surface area contributed by atoms with Gasteiger partial charge in [0.25, 0.3) is 0 Å². The van der Waals surface area contributed by atoms with E-state index in [2.05, 4.69) is 31.0 Å². The minimum absolute atomic E-state index is 0.264. The number of hydrogen-bond acceptors (Lipinski definition) is 3. The fourth-order valence-corrected chi connectivity index (χ4v) is 2.26. The molecule has 1 rings (SSSR count). The fraction of sp³-hybridized carbons (Fsp3) is 1.00. The molecular formula is C14H30N2O. The van der Waals surface area contributed by atoms with Crippen LogP contribution < -0.4 is 5.32 Å². The monoisotopic (exact) mass is 242 g/mol. The van der Waals surface area contributed by atoms with Crippen LogP contribution in [0.15, 0.2) is 0 Å². The molecule has 1 aliphatic carbocycles. The van der Waals surface area contributed by atoms with Crippen molar-refractivity contribution in [1.82, 2.24) is 10.2 Å². The van der Waals surface area contributed by atoms with Gasteiger partial charge in [0.05, 0.1) is 6.61 Å². The van der Waals surface area contributed by atoms with Gasteiger partial charge in [0.15, 0.2) is 0 Å². The lowest BCUT2D eigenvalue weighted by atomic mass is 10.1. The highest BCUT2D eigenvalue weighted by Gasteiger charge is 2.29. The van der Waals surface area contributed by atoms with Crippen molar-refractivity contribution < 1.29 is 5.11 Å². The highest BCUT2D eigenvalue weighted by Crippen LogP contribution is 2.27. The van der Waals surface area contributed by atoms with E-state index in [0.717, 1.165) is 37.9 Å². The molecule has 0 saturated heterocycles. The second-order valence-corrected chi connectivity index (χ2v) is 5.74. The molecule has 0 aromatic rings. The molecule has 0 bridgehead atoms. The van der Waals surface area contributed by atoms with Crippen molar-refractivity contribution in [3.8, 4) is 0 Å². The SMILES string of the molecule is CCCNC(CO)CCN(CC(C)C)C1CC1. The van der Waals surface area contributed by atoms with E-state index in [9.17, 15) is 5.11 Å². The van der Waals surface area contributed by atoms with Crippen molar-refractivity contribution in [3.05, 3.63) is 0 Å². The molecule has 3 heteroatoms. The predicted molar refractivity (Wildman–Crippen MR) is 73.2 cm³/mol. The maximum absolute atomic E-state index is 9.32. The van der Waals surface area contributed by atoms with Gasteiger partial charge < -0.3 is 15.3 Å². The summed E-state index contributed by atoms with van der Waals surface area (Å²) in [5.41, 5.74) is 0. The Morgan fingerprint density at radius 2 is 2.06 bits per heavy atom. The Bertz CT molecular complexity index is 193. The largest absolute Gasteiger partial charge is 0.395 e. The van der Waals surface area contributed by atoms with Gasteiger partial charge in [0, 0.05) is 25.2 Å². The number of aliphatic hydroxyl groups is 1. The Morgan fingerprint density at radius 3 is 2.53 bits per heavy atom. The van der Waals surface area contributed by atoms with Crippen LogP contribution in [-0.2, 0) is 0 Å². The lowest BCUT2D eigenvalue weighted by Crippen LogP contribution is -2.39. The highest BCUT2D eigenvalue weighted by atomic mass is 16.3. The number of hydrogen-bond donors (Lipinski definition) is 2. The summed E-state index contributed by atoms with van der Waals surface area (Å²) in [5, 5.41) is 12.7. The van der Waals surface area contributed by atoms with Crippen LogP contribution in [0, 0.1) is 5.92 Å². The molecule has 0 heterocycles. The Hall–Kier alpha value is -0.120. The van der Waals surface area contributed by atoms with Gasteiger partial charge in [-0.25, -0.2) is 0 Å². The van der Waals surface area contributed by atoms with E-state index in [0.29, 0.717) is 0 Å². The van der Waals surface area contributed by atoms with Gasteiger partial charge in [-0.05, 0) is 38.1 Å². The summed E-state index contributed by atoms with van der Waals surface area (Å²) >= 11 is 0. The average Bonchev–Trinajstić information content (AvgIpc) is 3.11. The van der Waals surface area contributed by atoms with Gasteiger partial charge in [-0.15, -0.1) is 0 Å². The zero-order valence-electron chi connectivity index (χ0n) is 11.8. The molecule has 1 fully saturated rings. The summed E-state index contributed by atoms with van der Waals surface area (Å²) < 4.78 is 0. The topological polar surface area (TPSA) is 35.5 Å². The molecule has 2 N–H and O–H groups in total. The van der Waals surface area contributed by atoms with Crippen LogP contribution in [0.5, 0.6) is 0 Å². The number of aliphatic hydroxyl groups excluding tert-OH is 1. The van der Waals surface area contributed by atoms with Crippen molar-refractivity contribution in [2.24, 2.45) is 5.92 Å². The van der Waals surface area contributed by atoms with Crippen molar-refractivity contribution in [1.29, 1.82) is 0 Å². The molecule has 1 saturated carbocycles. The predicted octanol–water partition coefficient (Wildman–Crippen LogP) is 1.86. The van der Waals surface area contributed by atoms with Crippen LogP contribution in [0.1, 0.15) is 46.5 Å². The molecule has 1 unspecified atom stereocenters. The maximum Gasteiger partial charge on any atom is 0.0585 e. The minimum Gasteiger partial charge on any atom is -0.395 e. The third-order valence-corrected chi connectivity index (χ3v) is 3.33. The van der Waals surface area contributed by atoms with E-state index in [1.807, 2.05) is 0 Å². The first kappa shape index (κ1) is 14.9. The summed E-state index contributed by atoms with van der Waals surface area (Å²) in [7, 11) is 0. The summed E-state index contributed by atoms with van der Waals surface area (Å²) in [6.45, 7) is 10.3. The van der Waals surface area contributed by atoms with Crippen LogP contribution in [0.25, 0.3) is 0 Å². The van der Waals surface area contributed by atoms with Crippen molar-refractivity contribution >= 4 is 0 Å². The van der Waals surface area contributed by atoms with Crippen LogP contribution in [0.4, 0.5) is 0 Å². The van der Waals surface area contributed by atoms with E-state index in [1.54, 1.807) is 0 Å². The van der Waals surface area contributed by atoms with E-state index in [-0.39, 0.29) is 12.6 Å². The normalized spacial score (nSPS) is 18.0. The van der Waals surface area contributed by atoms with Crippen molar-refractivity contribution in [3.63, 3.8) is 0 Å². The zero-order chi connectivity index (χ0) is 12.7. The van der Waals surface area contributed by atoms with E-state index in [1.165, 1.54) is 19.4 Å². The number of nitrogens with one attached hydrogen (secondary N) is 1. The molecule has 0 aromatic heterocycles. The highest BCUT2D eigenvalue weighted by molar-refractivity contribution is 4.85. The first-order valence-electron chi connectivity index (χ1n) is 7.25. The third kappa shape index (κ3) is 6.39. The molecular weight excluding hydrogens is 212 g/mol. The summed E-state index contributed by atoms with van der Waals surface area (Å²) in [6, 6.07) is 1.12. The Balaban J connectivity index is 2.23. The van der Waals surface area contributed by atoms with Gasteiger partial charge in [-0.2, -0.15) is 0 Å². The Morgan fingerprint density at radius 1 is 1.35 bits per heavy atom. The second-order valence-electron chi connectivity index (χ2n) is 5.74. The van der Waals surface area contributed by atoms with Gasteiger partial charge in [-0.1, -0.05) is 20.8 Å². The molecule has 0 spiro atoms. The van der Waals surface area contributed by atoms with E-state index in [4.69, 9.17) is 0 Å². The molecule has 3 nitrogen and oxygen atoms in total. The van der Waals surface area contributed by atoms with E-state index >= 15 is 0 Å². The van der Waals surface area contributed by atoms with Gasteiger partial charge in [-0.3, -0.25) is 0 Å². The van der Waals surface area contributed by atoms with E-state index < -0.39 is 0 Å². The molecule has 0 radical (unpaired) electrons. The Labute approximate surface area is 107 Å². The average molecular weight is 242 g/mol. The smallest absolute Gasteiger partial charge is 0.0585 e. The first-order chi connectivity index (χ1) is 8.17. The summed E-state index contributed by atoms with van der Waals surface area (Å²) in [6.07, 6.45) is 4.95. The van der Waals surface area contributed by atoms with Crippen molar-refractivity contribution in [2.75, 3.05) is 26.2 Å². The molecule has 0 amide bonds. The Kier molecular flexibility index (Phi) is 7.09. The standard InChI is InChI=1S/C14H30N2O/c1-4-8-15-13(11-17)7-9-16(10-12(2)3)14-5-6-14/h12-15,17H,4-11H2,1-3H3. The van der Waals surface area contributed by atoms with Crippen molar-refractivity contribution in [2.45, 2.75) is 58.5 Å². The molecule has 0 aliphatic heterocycles. The fourth-order valence-electron chi connectivity index (χ4n) is 2.26. The molecule has 1 atom stereocenters. The summed E-state index contributed by atoms with van der Waals surface area (Å²) in [5.74, 6) is 0.742. The number of nitrogens with zero attached hydrogens (tertiary/aromatic N) is 1. The maximum atomic E-state index is 9.32. The zero-order valence-corrected chi connectivity index (χ0v) is 11.8. The minimum atomic E-state index is 0.264. The number of rotatable bonds is 10. The second kappa shape index (κ2) is 8.06. The van der Waals surface area contributed by atoms with Gasteiger partial charge >= 0.3 is 0 Å². The first-order valence-corrected chi connectivity index (χ1v) is 7.25. The van der Waals surface area contributed by atoms with Gasteiger partial charge in [0.1, 0.15) is 0 Å². The summed E-state index contributed by atoms with van der Waals surface area (Å²) in [4.78, 5) is 2.61. The molecule has 102 valence electrons. The third-order valence-electron chi connectivity index (χ3n) is 3.33. The molecule has 0 aromatic carbocycles. The lowest BCUT2D eigenvalue weighted by Gasteiger charge is -2.26. The lowest BCUT2D eigenvalue weighted by molar-refractivity contribution is 0.190. The quantitative estimate of drug-likeness (QED) is 0.614.